The summed E-state index contributed by atoms with van der Waals surface area (Å²) < 4.78 is 30.5. The molecule has 1 rings (SSSR count). The lowest BCUT2D eigenvalue weighted by Gasteiger charge is -2.13. The fourth-order valence-electron chi connectivity index (χ4n) is 1.07. The standard InChI is InChI=1S/C10H8F2O4/c1-16-9(15)10(11,12)7-4-2-6(3-5-7)8(13)14/h2-5H,1H3,(H,13,14). The summed E-state index contributed by atoms with van der Waals surface area (Å²) in [5.74, 6) is -6.69. The highest BCUT2D eigenvalue weighted by molar-refractivity contribution is 5.88. The first-order valence-corrected chi connectivity index (χ1v) is 4.19. The Bertz CT molecular complexity index is 411. The first-order chi connectivity index (χ1) is 7.39. The number of alkyl halides is 2. The number of methoxy groups -OCH3 is 1. The zero-order valence-corrected chi connectivity index (χ0v) is 8.24. The number of ether oxygens (including phenoxy) is 1. The van der Waals surface area contributed by atoms with Crippen LogP contribution < -0.4 is 0 Å². The highest BCUT2D eigenvalue weighted by Crippen LogP contribution is 2.29. The minimum atomic E-state index is -3.77. The van der Waals surface area contributed by atoms with Crippen molar-refractivity contribution in [1.29, 1.82) is 0 Å². The van der Waals surface area contributed by atoms with Crippen molar-refractivity contribution in [2.24, 2.45) is 0 Å². The van der Waals surface area contributed by atoms with Crippen molar-refractivity contribution in [1.82, 2.24) is 0 Å². The molecule has 1 aromatic carbocycles. The summed E-state index contributed by atoms with van der Waals surface area (Å²) in [7, 11) is 0.849. The number of hydrogen-bond acceptors (Lipinski definition) is 3. The number of carboxylic acids is 1. The van der Waals surface area contributed by atoms with E-state index in [1.165, 1.54) is 0 Å². The fourth-order valence-corrected chi connectivity index (χ4v) is 1.07. The van der Waals surface area contributed by atoms with E-state index >= 15 is 0 Å². The first-order valence-electron chi connectivity index (χ1n) is 4.19. The number of carboxylic acid groups (broad SMARTS) is 1. The average molecular weight is 230 g/mol. The number of aromatic carboxylic acids is 1. The van der Waals surface area contributed by atoms with E-state index in [0.29, 0.717) is 0 Å². The largest absolute Gasteiger partial charge is 0.478 e. The van der Waals surface area contributed by atoms with Gasteiger partial charge >= 0.3 is 17.9 Å². The summed E-state index contributed by atoms with van der Waals surface area (Å²) in [6.07, 6.45) is 0. The van der Waals surface area contributed by atoms with Crippen LogP contribution in [0.4, 0.5) is 8.78 Å². The van der Waals surface area contributed by atoms with Gasteiger partial charge in [0.05, 0.1) is 12.7 Å². The van der Waals surface area contributed by atoms with E-state index in [0.717, 1.165) is 31.4 Å². The van der Waals surface area contributed by atoms with Crippen LogP contribution in [0, 0.1) is 0 Å². The molecule has 0 aromatic heterocycles. The summed E-state index contributed by atoms with van der Waals surface area (Å²) in [5.41, 5.74) is -0.742. The number of benzene rings is 1. The van der Waals surface area contributed by atoms with Gasteiger partial charge in [-0.25, -0.2) is 9.59 Å². The molecule has 6 heteroatoms. The molecule has 0 fully saturated rings. The lowest BCUT2D eigenvalue weighted by atomic mass is 10.1. The van der Waals surface area contributed by atoms with Gasteiger partial charge in [-0.2, -0.15) is 8.78 Å². The molecule has 1 aromatic rings. The predicted octanol–water partition coefficient (Wildman–Crippen LogP) is 1.65. The van der Waals surface area contributed by atoms with Crippen molar-refractivity contribution in [2.45, 2.75) is 5.92 Å². The van der Waals surface area contributed by atoms with E-state index in [4.69, 9.17) is 5.11 Å². The van der Waals surface area contributed by atoms with E-state index < -0.39 is 23.4 Å². The maximum absolute atomic E-state index is 13.3. The minimum Gasteiger partial charge on any atom is -0.478 e. The Morgan fingerprint density at radius 1 is 1.25 bits per heavy atom. The van der Waals surface area contributed by atoms with Crippen molar-refractivity contribution >= 4 is 11.9 Å². The smallest absolute Gasteiger partial charge is 0.381 e. The molecule has 86 valence electrons. The molecule has 0 amide bonds. The van der Waals surface area contributed by atoms with Crippen LogP contribution in [0.5, 0.6) is 0 Å². The molecule has 0 saturated carbocycles. The van der Waals surface area contributed by atoms with Gasteiger partial charge in [0.2, 0.25) is 0 Å². The van der Waals surface area contributed by atoms with Crippen LogP contribution >= 0.6 is 0 Å². The highest BCUT2D eigenvalue weighted by Gasteiger charge is 2.42. The van der Waals surface area contributed by atoms with Gasteiger partial charge in [-0.05, 0) is 12.1 Å². The van der Waals surface area contributed by atoms with Crippen LogP contribution in [-0.2, 0) is 15.5 Å². The van der Waals surface area contributed by atoms with E-state index in [1.54, 1.807) is 0 Å². The van der Waals surface area contributed by atoms with Crippen LogP contribution in [0.15, 0.2) is 24.3 Å². The molecule has 0 spiro atoms. The molecule has 0 aliphatic carbocycles. The van der Waals surface area contributed by atoms with Crippen molar-refractivity contribution in [2.75, 3.05) is 7.11 Å². The molecule has 0 bridgehead atoms. The summed E-state index contributed by atoms with van der Waals surface area (Å²) in [6, 6.07) is 3.74. The van der Waals surface area contributed by atoms with Gasteiger partial charge in [0.15, 0.2) is 0 Å². The fraction of sp³-hybridized carbons (Fsp3) is 0.200. The normalized spacial score (nSPS) is 10.9. The van der Waals surface area contributed by atoms with Gasteiger partial charge in [-0.15, -0.1) is 0 Å². The third-order valence-electron chi connectivity index (χ3n) is 1.94. The van der Waals surface area contributed by atoms with E-state index in [9.17, 15) is 18.4 Å². The van der Waals surface area contributed by atoms with Crippen molar-refractivity contribution in [3.8, 4) is 0 Å². The van der Waals surface area contributed by atoms with E-state index in [1.807, 2.05) is 0 Å². The molecule has 0 aliphatic heterocycles. The molecule has 0 atom stereocenters. The molecule has 0 unspecified atom stereocenters. The lowest BCUT2D eigenvalue weighted by molar-refractivity contribution is -0.170. The van der Waals surface area contributed by atoms with Crippen LogP contribution in [0.3, 0.4) is 0 Å². The van der Waals surface area contributed by atoms with Gasteiger partial charge < -0.3 is 9.84 Å². The Balaban J connectivity index is 3.06. The van der Waals surface area contributed by atoms with Gasteiger partial charge in [-0.3, -0.25) is 0 Å². The quantitative estimate of drug-likeness (QED) is 0.802. The monoisotopic (exact) mass is 230 g/mol. The topological polar surface area (TPSA) is 63.6 Å². The predicted molar refractivity (Wildman–Crippen MR) is 49.3 cm³/mol. The molecule has 0 saturated heterocycles. The molecule has 0 heterocycles. The Kier molecular flexibility index (Phi) is 3.22. The molecule has 1 N–H and O–H groups in total. The Hall–Kier alpha value is -1.98. The van der Waals surface area contributed by atoms with Crippen molar-refractivity contribution in [3.05, 3.63) is 35.4 Å². The van der Waals surface area contributed by atoms with Gasteiger partial charge in [0, 0.05) is 5.56 Å². The second-order valence-corrected chi connectivity index (χ2v) is 2.95. The molecule has 16 heavy (non-hydrogen) atoms. The van der Waals surface area contributed by atoms with E-state index in [-0.39, 0.29) is 5.56 Å². The van der Waals surface area contributed by atoms with Crippen molar-refractivity contribution in [3.63, 3.8) is 0 Å². The highest BCUT2D eigenvalue weighted by atomic mass is 19.3. The van der Waals surface area contributed by atoms with Gasteiger partial charge in [0.1, 0.15) is 0 Å². The summed E-state index contributed by atoms with van der Waals surface area (Å²) in [6.45, 7) is 0. The Morgan fingerprint density at radius 3 is 2.12 bits per heavy atom. The average Bonchev–Trinajstić information content (AvgIpc) is 2.28. The van der Waals surface area contributed by atoms with Gasteiger partial charge in [0.25, 0.3) is 0 Å². The summed E-state index contributed by atoms with van der Waals surface area (Å²) in [4.78, 5) is 21.2. The van der Waals surface area contributed by atoms with Crippen LogP contribution in [-0.4, -0.2) is 24.2 Å². The zero-order valence-electron chi connectivity index (χ0n) is 8.24. The number of rotatable bonds is 3. The first kappa shape index (κ1) is 12.1. The molecular weight excluding hydrogens is 222 g/mol. The maximum Gasteiger partial charge on any atom is 0.381 e. The maximum atomic E-state index is 13.3. The Labute approximate surface area is 89.5 Å². The molecule has 0 radical (unpaired) electrons. The number of carbonyl (C=O) groups is 2. The third kappa shape index (κ3) is 2.16. The number of halogens is 2. The van der Waals surface area contributed by atoms with Crippen LogP contribution in [0.2, 0.25) is 0 Å². The number of esters is 1. The lowest BCUT2D eigenvalue weighted by Crippen LogP contribution is -2.27. The SMILES string of the molecule is COC(=O)C(F)(F)c1ccc(C(=O)O)cc1. The Morgan fingerprint density at radius 2 is 1.75 bits per heavy atom. The second-order valence-electron chi connectivity index (χ2n) is 2.95. The summed E-state index contributed by atoms with van der Waals surface area (Å²) in [5, 5.41) is 8.55. The van der Waals surface area contributed by atoms with Crippen molar-refractivity contribution < 1.29 is 28.2 Å². The summed E-state index contributed by atoms with van der Waals surface area (Å²) >= 11 is 0. The van der Waals surface area contributed by atoms with Gasteiger partial charge in [-0.1, -0.05) is 12.1 Å². The van der Waals surface area contributed by atoms with Crippen LogP contribution in [0.1, 0.15) is 15.9 Å². The third-order valence-corrected chi connectivity index (χ3v) is 1.94. The minimum absolute atomic E-state index is 0.135. The molecular formula is C10H8F2O4. The van der Waals surface area contributed by atoms with E-state index in [2.05, 4.69) is 4.74 Å². The molecule has 4 nitrogen and oxygen atoms in total. The molecule has 0 aliphatic rings. The number of carbonyl (C=O) groups excluding carboxylic acids is 1. The second kappa shape index (κ2) is 4.26. The number of hydrogen-bond donors (Lipinski definition) is 1. The van der Waals surface area contributed by atoms with Crippen LogP contribution in [0.25, 0.3) is 0 Å². The zero-order chi connectivity index (χ0) is 12.3.